The van der Waals surface area contributed by atoms with E-state index in [2.05, 4.69) is 135 Å². The van der Waals surface area contributed by atoms with Gasteiger partial charge in [0.15, 0.2) is 0 Å². The Morgan fingerprint density at radius 2 is 0.581 bits per heavy atom. The molecule has 0 aromatic heterocycles. The van der Waals surface area contributed by atoms with E-state index in [1.807, 2.05) is 0 Å². The van der Waals surface area contributed by atoms with E-state index in [9.17, 15) is 0 Å². The van der Waals surface area contributed by atoms with Gasteiger partial charge in [-0.15, -0.1) is 0 Å². The van der Waals surface area contributed by atoms with Crippen LogP contribution in [0.5, 0.6) is 0 Å². The fourth-order valence-electron chi connectivity index (χ4n) is 1.16. The Kier molecular flexibility index (Phi) is 22.6. The van der Waals surface area contributed by atoms with Crippen molar-refractivity contribution in [3.05, 3.63) is 0 Å². The van der Waals surface area contributed by atoms with Crippen LogP contribution in [0.15, 0.2) is 0 Å². The smallest absolute Gasteiger partial charge is 0.0470 e. The monoisotopic (exact) mass is 892 g/mol. The van der Waals surface area contributed by atoms with E-state index in [1.165, 1.54) is 8.55 Å². The average molecular weight is 890 g/mol. The number of hydrogen-bond acceptors (Lipinski definition) is 0. The van der Waals surface area contributed by atoms with Crippen LogP contribution >= 0.6 is 0 Å². The van der Waals surface area contributed by atoms with E-state index >= 15 is 0 Å². The van der Waals surface area contributed by atoms with Crippen molar-refractivity contribution < 1.29 is 55.3 Å². The minimum Gasteiger partial charge on any atom is -0.0715 e. The molecule has 0 N–H and O–H groups in total. The minimum absolute atomic E-state index is 0. The van der Waals surface area contributed by atoms with E-state index in [-0.39, 0.29) is 72.9 Å². The summed E-state index contributed by atoms with van der Waals surface area (Å²) in [7, 11) is -0.955. The summed E-state index contributed by atoms with van der Waals surface area (Å²) in [6.07, 6.45) is 0. The summed E-state index contributed by atoms with van der Waals surface area (Å²) < 4.78 is 0. The van der Waals surface area contributed by atoms with Gasteiger partial charge in [0.05, 0.1) is 0 Å². The minimum atomic E-state index is -1.06. The summed E-state index contributed by atoms with van der Waals surface area (Å²) in [6.45, 7) is 48.3. The first-order chi connectivity index (χ1) is 12.1. The maximum Gasteiger partial charge on any atom is 0.0470 e. The molecule has 0 bridgehead atoms. The second-order valence-corrected chi connectivity index (χ2v) is 41.6. The Morgan fingerprint density at radius 3 is 0.645 bits per heavy atom. The first kappa shape index (κ1) is 44.0. The van der Waals surface area contributed by atoms with Crippen molar-refractivity contribution in [1.82, 2.24) is 0 Å². The maximum absolute atomic E-state index is 2.59. The maximum atomic E-state index is 2.59. The van der Waals surface area contributed by atoms with Crippen LogP contribution in [0.2, 0.25) is 72.5 Å². The fourth-order valence-corrected chi connectivity index (χ4v) is 31.2. The molecule has 0 atom stereocenters. The molecule has 0 aromatic rings. The van der Waals surface area contributed by atoms with Gasteiger partial charge in [-0.3, -0.25) is 0 Å². The predicted molar refractivity (Wildman–Crippen MR) is 155 cm³/mol. The molecule has 0 aliphatic heterocycles. The van der Waals surface area contributed by atoms with E-state index in [1.54, 1.807) is 0 Å². The van der Waals surface area contributed by atoms with Crippen LogP contribution in [0.4, 0.5) is 0 Å². The molecule has 0 fully saturated rings. The molecule has 0 heterocycles. The Morgan fingerprint density at radius 1 is 0.452 bits per heavy atom. The molecule has 0 aliphatic carbocycles. The summed E-state index contributed by atoms with van der Waals surface area (Å²) in [5.74, 6) is 0. The van der Waals surface area contributed by atoms with E-state index in [0.29, 0.717) is 20.2 Å². The summed E-state index contributed by atoms with van der Waals surface area (Å²) in [6, 6.07) is 0. The molecule has 0 amide bonds. The van der Waals surface area contributed by atoms with Gasteiger partial charge in [-0.2, -0.15) is 0 Å². The number of rotatable bonds is 2. The van der Waals surface area contributed by atoms with Gasteiger partial charge in [0.1, 0.15) is 0 Å². The van der Waals surface area contributed by atoms with Crippen molar-refractivity contribution in [3.63, 3.8) is 0 Å². The van der Waals surface area contributed by atoms with Crippen LogP contribution in [-0.4, -0.2) is 41.3 Å². The van der Waals surface area contributed by atoms with Gasteiger partial charge in [0.2, 0.25) is 0 Å². The molecule has 180 valence electrons. The first-order valence-corrected chi connectivity index (χ1v) is 25.5. The Bertz CT molecular complexity index is 405. The van der Waals surface area contributed by atoms with Crippen LogP contribution in [0.3, 0.4) is 0 Å². The molecular formula is C24H60Hg2Si5. The van der Waals surface area contributed by atoms with E-state index in [0.717, 1.165) is 0 Å². The summed E-state index contributed by atoms with van der Waals surface area (Å²) in [5.41, 5.74) is 0. The normalized spacial score (nSPS) is 13.4. The summed E-state index contributed by atoms with van der Waals surface area (Å²) in [4.78, 5) is 0. The Balaban J connectivity index is -0.000000119. The molecule has 0 spiro atoms. The molecule has 0 unspecified atom stereocenters. The third-order valence-corrected chi connectivity index (χ3v) is 41.6. The zero-order valence-electron chi connectivity index (χ0n) is 25.9. The van der Waals surface area contributed by atoms with Crippen LogP contribution in [0.1, 0.15) is 83.1 Å². The van der Waals surface area contributed by atoms with Crippen molar-refractivity contribution in [2.75, 3.05) is 0 Å². The molecule has 0 saturated carbocycles. The summed E-state index contributed by atoms with van der Waals surface area (Å²) in [5, 5.41) is 2.32. The van der Waals surface area contributed by atoms with Gasteiger partial charge in [-0.25, -0.2) is 0 Å². The van der Waals surface area contributed by atoms with Gasteiger partial charge in [0, 0.05) is 96.7 Å². The predicted octanol–water partition coefficient (Wildman–Crippen LogP) is 9.78. The second-order valence-electron chi connectivity index (χ2n) is 14.4. The van der Waals surface area contributed by atoms with Crippen molar-refractivity contribution in [2.45, 2.75) is 156 Å². The van der Waals surface area contributed by atoms with Crippen LogP contribution in [-0.2, 0) is 55.3 Å². The van der Waals surface area contributed by atoms with Crippen LogP contribution in [0.25, 0.3) is 0 Å². The van der Waals surface area contributed by atoms with Gasteiger partial charge in [0.25, 0.3) is 0 Å². The SMILES string of the molecule is CC(C)(C)[Si](C)(C)[Si][Si](C)(C)C(C)(C)C.C[Si](C)C(C)(C)C.C[Si](C)C(C)(C)C.[Hg].[Hg]. The Hall–Kier alpha value is 2.95. The van der Waals surface area contributed by atoms with Crippen molar-refractivity contribution in [2.24, 2.45) is 0 Å². The molecule has 7 heteroatoms. The molecule has 0 aromatic carbocycles. The molecule has 0 aliphatic rings. The van der Waals surface area contributed by atoms with Gasteiger partial charge in [-0.05, 0) is 20.2 Å². The van der Waals surface area contributed by atoms with Crippen molar-refractivity contribution in [1.29, 1.82) is 0 Å². The third-order valence-electron chi connectivity index (χ3n) is 7.38. The molecule has 0 rings (SSSR count). The largest absolute Gasteiger partial charge is 0.0715 e. The van der Waals surface area contributed by atoms with Crippen molar-refractivity contribution >= 4 is 41.3 Å². The zero-order valence-corrected chi connectivity index (χ0v) is 41.9. The average Bonchev–Trinajstić information content (AvgIpc) is 2.33. The topological polar surface area (TPSA) is 0 Å². The molecular weight excluding hydrogens is 830 g/mol. The third kappa shape index (κ3) is 20.8. The van der Waals surface area contributed by atoms with Crippen LogP contribution in [0, 0.1) is 0 Å². The quantitative estimate of drug-likeness (QED) is 0.243. The first-order valence-electron chi connectivity index (χ1n) is 11.5. The van der Waals surface area contributed by atoms with Gasteiger partial charge < -0.3 is 0 Å². The Labute approximate surface area is 249 Å². The molecule has 0 nitrogen and oxygen atoms in total. The van der Waals surface area contributed by atoms with Gasteiger partial charge in [-0.1, -0.05) is 135 Å². The van der Waals surface area contributed by atoms with Gasteiger partial charge >= 0.3 is 0 Å². The fraction of sp³-hybridized carbons (Fsp3) is 1.00. The molecule has 31 heavy (non-hydrogen) atoms. The summed E-state index contributed by atoms with van der Waals surface area (Å²) >= 11 is 0. The molecule has 4 radical (unpaired) electrons. The standard InChI is InChI=1S/C12H30Si3.2C6H15Si.2Hg/c1-11(2,3)14(7,8)13-15(9,10)12(4,5)6;2*1-6(2,3)7(4)5;;/h1-10H3;2*1-5H3;;. The zero-order chi connectivity index (χ0) is 24.9. The van der Waals surface area contributed by atoms with E-state index < -0.39 is 15.2 Å². The molecule has 0 saturated heterocycles. The number of hydrogen-bond donors (Lipinski definition) is 0. The van der Waals surface area contributed by atoms with E-state index in [4.69, 9.17) is 0 Å². The van der Waals surface area contributed by atoms with Crippen LogP contribution < -0.4 is 0 Å². The van der Waals surface area contributed by atoms with Crippen molar-refractivity contribution in [3.8, 4) is 0 Å². The second kappa shape index (κ2) is 15.9.